The Kier molecular flexibility index (Phi) is 7.06. The predicted octanol–water partition coefficient (Wildman–Crippen LogP) is 3.94. The highest BCUT2D eigenvalue weighted by Crippen LogP contribution is 2.53. The highest BCUT2D eigenvalue weighted by Gasteiger charge is 2.51. The van der Waals surface area contributed by atoms with E-state index in [-0.39, 0.29) is 34.7 Å². The van der Waals surface area contributed by atoms with Crippen LogP contribution < -0.4 is 4.90 Å². The molecule has 1 aliphatic carbocycles. The summed E-state index contributed by atoms with van der Waals surface area (Å²) in [6.07, 6.45) is -0.943. The summed E-state index contributed by atoms with van der Waals surface area (Å²) in [4.78, 5) is 30.7. The Bertz CT molecular complexity index is 938. The number of anilines is 1. The Balaban J connectivity index is 1.30. The molecule has 188 valence electrons. The molecule has 2 saturated heterocycles. The Morgan fingerprint density at radius 1 is 1.21 bits per heavy atom. The van der Waals surface area contributed by atoms with Gasteiger partial charge in [0.05, 0.1) is 16.7 Å². The van der Waals surface area contributed by atoms with Crippen molar-refractivity contribution in [2.75, 3.05) is 37.6 Å². The Hall–Kier alpha value is -2.00. The van der Waals surface area contributed by atoms with Gasteiger partial charge in [-0.25, -0.2) is 0 Å². The van der Waals surface area contributed by atoms with Crippen molar-refractivity contribution in [2.45, 2.75) is 63.8 Å². The van der Waals surface area contributed by atoms with Crippen molar-refractivity contribution in [3.63, 3.8) is 0 Å². The summed E-state index contributed by atoms with van der Waals surface area (Å²) in [5, 5.41) is 9.96. The van der Waals surface area contributed by atoms with E-state index in [9.17, 15) is 27.9 Å². The number of aliphatic hydroxyl groups is 1. The van der Waals surface area contributed by atoms with Crippen LogP contribution in [0.3, 0.4) is 0 Å². The summed E-state index contributed by atoms with van der Waals surface area (Å²) >= 11 is 5.89. The Morgan fingerprint density at radius 3 is 2.56 bits per heavy atom. The van der Waals surface area contributed by atoms with Gasteiger partial charge >= 0.3 is 6.18 Å². The number of halogens is 4. The molecule has 1 spiro atoms. The minimum atomic E-state index is -4.52. The lowest BCUT2D eigenvalue weighted by molar-refractivity contribution is -0.137. The first-order valence-corrected chi connectivity index (χ1v) is 12.2. The summed E-state index contributed by atoms with van der Waals surface area (Å²) < 4.78 is 39.1. The van der Waals surface area contributed by atoms with Gasteiger partial charge in [0, 0.05) is 57.3 Å². The van der Waals surface area contributed by atoms with E-state index in [1.165, 1.54) is 12.1 Å². The summed E-state index contributed by atoms with van der Waals surface area (Å²) in [5.41, 5.74) is -0.280. The molecule has 0 bridgehead atoms. The molecule has 34 heavy (non-hydrogen) atoms. The van der Waals surface area contributed by atoms with Gasteiger partial charge in [-0.3, -0.25) is 9.59 Å². The number of hydrogen-bond acceptors (Lipinski definition) is 4. The number of β-amino-alcohol motifs (C(OH)–C–C–N with tert-alkyl or cyclic N) is 1. The number of amides is 2. The topological polar surface area (TPSA) is 64.1 Å². The molecule has 6 nitrogen and oxygen atoms in total. The van der Waals surface area contributed by atoms with Crippen LogP contribution in [-0.2, 0) is 15.8 Å². The number of benzene rings is 1. The first-order chi connectivity index (χ1) is 16.0. The number of aliphatic hydroxyl groups excluding tert-OH is 1. The molecule has 1 saturated carbocycles. The molecule has 2 aliphatic heterocycles. The van der Waals surface area contributed by atoms with Crippen molar-refractivity contribution >= 4 is 29.1 Å². The van der Waals surface area contributed by atoms with Gasteiger partial charge in [0.1, 0.15) is 0 Å². The predicted molar refractivity (Wildman–Crippen MR) is 123 cm³/mol. The van der Waals surface area contributed by atoms with Gasteiger partial charge in [-0.1, -0.05) is 11.6 Å². The number of carbonyl (C=O) groups is 2. The third-order valence-electron chi connectivity index (χ3n) is 7.57. The molecule has 10 heteroatoms. The lowest BCUT2D eigenvalue weighted by Crippen LogP contribution is -2.47. The summed E-state index contributed by atoms with van der Waals surface area (Å²) in [5.74, 6) is -0.0326. The van der Waals surface area contributed by atoms with Crippen LogP contribution in [0.5, 0.6) is 0 Å². The Labute approximate surface area is 202 Å². The van der Waals surface area contributed by atoms with Crippen LogP contribution in [0.2, 0.25) is 5.02 Å². The number of piperidine rings is 1. The number of hydrogen-bond donors (Lipinski definition) is 1. The molecule has 0 aromatic heterocycles. The van der Waals surface area contributed by atoms with Gasteiger partial charge in [0.2, 0.25) is 11.8 Å². The summed E-state index contributed by atoms with van der Waals surface area (Å²) in [7, 11) is 0. The maximum atomic E-state index is 13.0. The fourth-order valence-electron chi connectivity index (χ4n) is 5.19. The molecule has 1 aromatic carbocycles. The minimum absolute atomic E-state index is 0.00546. The molecule has 4 rings (SSSR count). The largest absolute Gasteiger partial charge is 0.417 e. The third kappa shape index (κ3) is 5.30. The Morgan fingerprint density at radius 2 is 1.94 bits per heavy atom. The normalized spacial score (nSPS) is 25.0. The van der Waals surface area contributed by atoms with Crippen molar-refractivity contribution in [3.05, 3.63) is 28.8 Å². The summed E-state index contributed by atoms with van der Waals surface area (Å²) in [6.45, 7) is 4.23. The number of nitrogens with zero attached hydrogens (tertiary/aromatic N) is 3. The van der Waals surface area contributed by atoms with Gasteiger partial charge < -0.3 is 19.8 Å². The van der Waals surface area contributed by atoms with Crippen molar-refractivity contribution in [1.82, 2.24) is 9.80 Å². The molecule has 3 aliphatic rings. The van der Waals surface area contributed by atoms with Crippen molar-refractivity contribution < 1.29 is 27.9 Å². The van der Waals surface area contributed by atoms with Gasteiger partial charge in [-0.05, 0) is 56.2 Å². The standard InChI is InChI=1S/C24H31ClF3N3O3/c1-16-14-29(10-2-3-21(33)30-12-9-23(7-8-23)20(32)15-30)22(34)6-11-31(16)17-4-5-18(19(25)13-17)24(26,27)28/h4-5,13,16,20,32H,2-3,6-12,14-15H2,1H3. The molecule has 2 unspecified atom stereocenters. The lowest BCUT2D eigenvalue weighted by Gasteiger charge is -2.36. The van der Waals surface area contributed by atoms with Crippen LogP contribution in [0.15, 0.2) is 18.2 Å². The molecule has 2 heterocycles. The van der Waals surface area contributed by atoms with Crippen LogP contribution in [0, 0.1) is 5.41 Å². The smallest absolute Gasteiger partial charge is 0.391 e. The SMILES string of the molecule is CC1CN(CCCC(=O)N2CCC3(CC3)C(O)C2)C(=O)CCN1c1ccc(C(F)(F)F)c(Cl)c1. The van der Waals surface area contributed by atoms with Gasteiger partial charge in [0.15, 0.2) is 0 Å². The van der Waals surface area contributed by atoms with E-state index in [1.54, 1.807) is 9.80 Å². The maximum Gasteiger partial charge on any atom is 0.417 e. The van der Waals surface area contributed by atoms with Crippen LogP contribution in [0.4, 0.5) is 18.9 Å². The van der Waals surface area contributed by atoms with Crippen LogP contribution in [0.25, 0.3) is 0 Å². The van der Waals surface area contributed by atoms with Crippen LogP contribution in [0.1, 0.15) is 51.0 Å². The van der Waals surface area contributed by atoms with E-state index in [1.807, 2.05) is 11.8 Å². The van der Waals surface area contributed by atoms with Gasteiger partial charge in [0.25, 0.3) is 0 Å². The number of rotatable bonds is 5. The monoisotopic (exact) mass is 501 g/mol. The molecular weight excluding hydrogens is 471 g/mol. The van der Waals surface area contributed by atoms with E-state index in [0.717, 1.165) is 25.3 Å². The molecule has 2 atom stereocenters. The van der Waals surface area contributed by atoms with Gasteiger partial charge in [-0.15, -0.1) is 0 Å². The first kappa shape index (κ1) is 25.1. The van der Waals surface area contributed by atoms with E-state index in [2.05, 4.69) is 0 Å². The molecule has 2 amide bonds. The first-order valence-electron chi connectivity index (χ1n) is 11.9. The fraction of sp³-hybridized carbons (Fsp3) is 0.667. The van der Waals surface area contributed by atoms with Crippen LogP contribution in [-0.4, -0.2) is 71.6 Å². The molecule has 0 radical (unpaired) electrons. The molecule has 1 N–H and O–H groups in total. The number of carbonyl (C=O) groups excluding carboxylic acids is 2. The average molecular weight is 502 g/mol. The second kappa shape index (κ2) is 9.57. The number of likely N-dealkylation sites (tertiary alicyclic amines) is 1. The lowest BCUT2D eigenvalue weighted by atomic mass is 9.90. The molecule has 3 fully saturated rings. The average Bonchev–Trinajstić information content (AvgIpc) is 3.55. The quantitative estimate of drug-likeness (QED) is 0.664. The van der Waals surface area contributed by atoms with E-state index in [4.69, 9.17) is 11.6 Å². The fourth-order valence-corrected chi connectivity index (χ4v) is 5.48. The third-order valence-corrected chi connectivity index (χ3v) is 7.88. The summed E-state index contributed by atoms with van der Waals surface area (Å²) in [6, 6.07) is 3.55. The van der Waals surface area contributed by atoms with Gasteiger partial charge in [-0.2, -0.15) is 13.2 Å². The zero-order valence-electron chi connectivity index (χ0n) is 19.3. The molecular formula is C24H31ClF3N3O3. The van der Waals surface area contributed by atoms with Crippen molar-refractivity contribution in [1.29, 1.82) is 0 Å². The van der Waals surface area contributed by atoms with E-state index >= 15 is 0 Å². The minimum Gasteiger partial charge on any atom is -0.391 e. The van der Waals surface area contributed by atoms with Crippen molar-refractivity contribution in [3.8, 4) is 0 Å². The second-order valence-electron chi connectivity index (χ2n) is 9.87. The zero-order valence-corrected chi connectivity index (χ0v) is 20.0. The van der Waals surface area contributed by atoms with E-state index in [0.29, 0.717) is 51.3 Å². The van der Waals surface area contributed by atoms with Crippen molar-refractivity contribution in [2.24, 2.45) is 5.41 Å². The van der Waals surface area contributed by atoms with E-state index < -0.39 is 17.8 Å². The highest BCUT2D eigenvalue weighted by molar-refractivity contribution is 6.31. The maximum absolute atomic E-state index is 13.0. The highest BCUT2D eigenvalue weighted by atomic mass is 35.5. The zero-order chi connectivity index (χ0) is 24.7. The van der Waals surface area contributed by atoms with Crippen LogP contribution >= 0.6 is 11.6 Å². The molecule has 1 aromatic rings. The number of alkyl halides is 3. The second-order valence-corrected chi connectivity index (χ2v) is 10.3.